The summed E-state index contributed by atoms with van der Waals surface area (Å²) in [4.78, 5) is 14.6. The summed E-state index contributed by atoms with van der Waals surface area (Å²) >= 11 is 0. The molecule has 0 amide bonds. The molecule has 0 radical (unpaired) electrons. The lowest BCUT2D eigenvalue weighted by Crippen LogP contribution is -2.51. The molecule has 1 aliphatic heterocycles. The molecule has 3 aliphatic rings. The van der Waals surface area contributed by atoms with E-state index in [0.29, 0.717) is 17.8 Å². The van der Waals surface area contributed by atoms with Gasteiger partial charge in [-0.3, -0.25) is 9.69 Å². The van der Waals surface area contributed by atoms with Gasteiger partial charge in [0.15, 0.2) is 5.78 Å². The summed E-state index contributed by atoms with van der Waals surface area (Å²) in [7, 11) is 1.74. The Kier molecular flexibility index (Phi) is 5.18. The first kappa shape index (κ1) is 19.1. The van der Waals surface area contributed by atoms with Gasteiger partial charge in [0.2, 0.25) is 0 Å². The van der Waals surface area contributed by atoms with E-state index in [1.807, 2.05) is 0 Å². The van der Waals surface area contributed by atoms with Gasteiger partial charge in [0.25, 0.3) is 0 Å². The molecular formula is C21H35NO3. The molecule has 2 fully saturated rings. The van der Waals surface area contributed by atoms with Crippen LogP contribution in [0.3, 0.4) is 0 Å². The van der Waals surface area contributed by atoms with Crippen molar-refractivity contribution in [1.29, 1.82) is 0 Å². The van der Waals surface area contributed by atoms with Crippen LogP contribution in [-0.2, 0) is 4.79 Å². The highest BCUT2D eigenvalue weighted by atomic mass is 16.3. The molecule has 1 saturated carbocycles. The van der Waals surface area contributed by atoms with Gasteiger partial charge in [-0.05, 0) is 54.9 Å². The van der Waals surface area contributed by atoms with Gasteiger partial charge >= 0.3 is 0 Å². The molecule has 9 atom stereocenters. The Morgan fingerprint density at radius 3 is 2.60 bits per heavy atom. The van der Waals surface area contributed by atoms with Crippen molar-refractivity contribution in [1.82, 2.24) is 4.90 Å². The molecule has 4 nitrogen and oxygen atoms in total. The number of ketones is 1. The summed E-state index contributed by atoms with van der Waals surface area (Å²) in [6.07, 6.45) is 7.65. The van der Waals surface area contributed by atoms with Crippen LogP contribution in [0.15, 0.2) is 12.2 Å². The topological polar surface area (TPSA) is 60.8 Å². The molecule has 142 valence electrons. The Balaban J connectivity index is 1.93. The smallest absolute Gasteiger partial charge is 0.159 e. The van der Waals surface area contributed by atoms with Crippen LogP contribution in [0.1, 0.15) is 47.0 Å². The Bertz CT molecular complexity index is 547. The summed E-state index contributed by atoms with van der Waals surface area (Å²) in [5.74, 6) is 1.98. The third kappa shape index (κ3) is 2.81. The first-order chi connectivity index (χ1) is 11.7. The molecular weight excluding hydrogens is 314 g/mol. The van der Waals surface area contributed by atoms with E-state index < -0.39 is 18.2 Å². The number of likely N-dealkylation sites (tertiary alicyclic amines) is 1. The van der Waals surface area contributed by atoms with E-state index in [-0.39, 0.29) is 23.7 Å². The molecule has 0 aromatic carbocycles. The number of nitrogens with zero attached hydrogens (tertiary/aromatic N) is 1. The van der Waals surface area contributed by atoms with Gasteiger partial charge in [-0.2, -0.15) is 0 Å². The van der Waals surface area contributed by atoms with E-state index in [2.05, 4.69) is 39.8 Å². The van der Waals surface area contributed by atoms with Crippen LogP contribution < -0.4 is 0 Å². The maximum absolute atomic E-state index is 12.9. The minimum absolute atomic E-state index is 0.00789. The molecule has 1 heterocycles. The van der Waals surface area contributed by atoms with Crippen molar-refractivity contribution < 1.29 is 15.0 Å². The van der Waals surface area contributed by atoms with E-state index >= 15 is 0 Å². The van der Waals surface area contributed by atoms with Crippen LogP contribution >= 0.6 is 0 Å². The van der Waals surface area contributed by atoms with Crippen molar-refractivity contribution in [3.8, 4) is 0 Å². The molecule has 2 unspecified atom stereocenters. The van der Waals surface area contributed by atoms with Crippen molar-refractivity contribution in [3.05, 3.63) is 12.2 Å². The summed E-state index contributed by atoms with van der Waals surface area (Å²) in [6, 6.07) is -0.567. The maximum atomic E-state index is 12.9. The summed E-state index contributed by atoms with van der Waals surface area (Å²) in [5, 5.41) is 20.3. The molecule has 4 heteroatoms. The lowest BCUT2D eigenvalue weighted by molar-refractivity contribution is -0.130. The van der Waals surface area contributed by atoms with E-state index in [1.54, 1.807) is 11.9 Å². The second kappa shape index (κ2) is 6.79. The zero-order valence-electron chi connectivity index (χ0n) is 16.4. The number of hydrogen-bond acceptors (Lipinski definition) is 4. The van der Waals surface area contributed by atoms with Crippen LogP contribution in [0.25, 0.3) is 0 Å². The fourth-order valence-corrected chi connectivity index (χ4v) is 6.13. The van der Waals surface area contributed by atoms with Gasteiger partial charge in [0, 0.05) is 0 Å². The number of fused-ring (bicyclic) bond motifs is 1. The van der Waals surface area contributed by atoms with Gasteiger partial charge in [0.1, 0.15) is 6.23 Å². The standard InChI is InChI=1S/C21H35NO3/c1-12-6-9-16-15(10-12)8-7-13(2)21(16,4)14(3)18-19(24)17(11-23)22(5)20(18)25/h7-8,12-18,20,23,25H,6,9-11H2,1-5H3/t12-,13-,14-,15+,16+,17+,18?,20?,21-/m0/s1. The van der Waals surface area contributed by atoms with E-state index in [0.717, 1.165) is 5.92 Å². The van der Waals surface area contributed by atoms with E-state index in [9.17, 15) is 15.0 Å². The molecule has 25 heavy (non-hydrogen) atoms. The van der Waals surface area contributed by atoms with Crippen molar-refractivity contribution in [2.75, 3.05) is 13.7 Å². The Morgan fingerprint density at radius 2 is 2.00 bits per heavy atom. The number of Topliss-reactive ketones (excluding diaryl/α,β-unsaturated/α-hetero) is 1. The average molecular weight is 350 g/mol. The lowest BCUT2D eigenvalue weighted by atomic mass is 9.50. The first-order valence-corrected chi connectivity index (χ1v) is 9.96. The van der Waals surface area contributed by atoms with Gasteiger partial charge in [-0.1, -0.05) is 46.3 Å². The lowest BCUT2D eigenvalue weighted by Gasteiger charge is -2.55. The second-order valence-electron chi connectivity index (χ2n) is 9.22. The highest BCUT2D eigenvalue weighted by molar-refractivity contribution is 5.89. The quantitative estimate of drug-likeness (QED) is 0.769. The van der Waals surface area contributed by atoms with Crippen molar-refractivity contribution >= 4 is 5.78 Å². The fourth-order valence-electron chi connectivity index (χ4n) is 6.13. The Morgan fingerprint density at radius 1 is 1.32 bits per heavy atom. The average Bonchev–Trinajstić information content (AvgIpc) is 2.79. The molecule has 3 rings (SSSR count). The highest BCUT2D eigenvalue weighted by Gasteiger charge is 2.56. The fraction of sp³-hybridized carbons (Fsp3) is 0.857. The maximum Gasteiger partial charge on any atom is 0.159 e. The Labute approximate surface area is 152 Å². The van der Waals surface area contributed by atoms with Crippen LogP contribution in [0.4, 0.5) is 0 Å². The minimum Gasteiger partial charge on any atom is -0.394 e. The molecule has 1 saturated heterocycles. The van der Waals surface area contributed by atoms with Gasteiger partial charge in [-0.25, -0.2) is 0 Å². The number of hydrogen-bond donors (Lipinski definition) is 2. The molecule has 2 N–H and O–H groups in total. The second-order valence-corrected chi connectivity index (χ2v) is 9.22. The van der Waals surface area contributed by atoms with Crippen LogP contribution in [0.2, 0.25) is 0 Å². The first-order valence-electron chi connectivity index (χ1n) is 9.96. The van der Waals surface area contributed by atoms with Gasteiger partial charge in [0.05, 0.1) is 18.6 Å². The molecule has 0 spiro atoms. The highest BCUT2D eigenvalue weighted by Crippen LogP contribution is 2.57. The zero-order valence-corrected chi connectivity index (χ0v) is 16.4. The monoisotopic (exact) mass is 349 g/mol. The van der Waals surface area contributed by atoms with Crippen molar-refractivity contribution in [3.63, 3.8) is 0 Å². The summed E-state index contributed by atoms with van der Waals surface area (Å²) in [6.45, 7) is 8.88. The predicted molar refractivity (Wildman–Crippen MR) is 98.7 cm³/mol. The number of allylic oxidation sites excluding steroid dienone is 2. The van der Waals surface area contributed by atoms with E-state index in [4.69, 9.17) is 0 Å². The number of rotatable bonds is 3. The molecule has 0 bridgehead atoms. The van der Waals surface area contributed by atoms with E-state index in [1.165, 1.54) is 19.3 Å². The van der Waals surface area contributed by atoms with Gasteiger partial charge in [-0.15, -0.1) is 0 Å². The third-order valence-electron chi connectivity index (χ3n) is 8.17. The molecule has 0 aromatic heterocycles. The zero-order chi connectivity index (χ0) is 18.5. The van der Waals surface area contributed by atoms with Crippen LogP contribution in [0.5, 0.6) is 0 Å². The van der Waals surface area contributed by atoms with Crippen molar-refractivity contribution in [2.45, 2.75) is 59.2 Å². The number of carbonyl (C=O) groups is 1. The molecule has 0 aromatic rings. The van der Waals surface area contributed by atoms with Crippen molar-refractivity contribution in [2.24, 2.45) is 40.9 Å². The number of carbonyl (C=O) groups excluding carboxylic acids is 1. The third-order valence-corrected chi connectivity index (χ3v) is 8.17. The molecule has 2 aliphatic carbocycles. The SMILES string of the molecule is C[C@H]1CC[C@@H]2[C@H](C=C[C@H](C)[C@@]2(C)[C@@H](C)C2C(=O)[C@@H](CO)N(C)C2O)C1. The summed E-state index contributed by atoms with van der Waals surface area (Å²) < 4.78 is 0. The van der Waals surface area contributed by atoms with Crippen LogP contribution in [0, 0.1) is 40.9 Å². The van der Waals surface area contributed by atoms with Gasteiger partial charge < -0.3 is 10.2 Å². The normalized spacial score (nSPS) is 49.2. The Hall–Kier alpha value is -0.710. The largest absolute Gasteiger partial charge is 0.394 e. The summed E-state index contributed by atoms with van der Waals surface area (Å²) in [5.41, 5.74) is -0.00789. The number of likely N-dealkylation sites (N-methyl/N-ethyl adjacent to an activating group) is 1. The predicted octanol–water partition coefficient (Wildman–Crippen LogP) is 2.70. The minimum atomic E-state index is -0.796. The number of aliphatic hydroxyl groups excluding tert-OH is 2. The number of aliphatic hydroxyl groups is 2. The van der Waals surface area contributed by atoms with Crippen LogP contribution in [-0.4, -0.2) is 46.8 Å².